The number of benzene rings is 4. The number of sulfonamides is 1. The molecule has 0 unspecified atom stereocenters. The van der Waals surface area contributed by atoms with Crippen LogP contribution in [-0.4, -0.2) is 44.3 Å². The minimum absolute atomic E-state index is 0.0548. The first kappa shape index (κ1) is 32.8. The maximum atomic E-state index is 14.4. The fourth-order valence-electron chi connectivity index (χ4n) is 4.77. The molecule has 1 N–H and O–H groups in total. The number of aryl methyl sites for hydroxylation is 1. The first-order valence-electron chi connectivity index (χ1n) is 14.5. The van der Waals surface area contributed by atoms with Crippen LogP contribution < -0.4 is 9.62 Å². The molecule has 0 spiro atoms. The number of nitrogens with zero attached hydrogens (tertiary/aromatic N) is 2. The molecular formula is C35H38ClN3O4S. The molecule has 4 rings (SSSR count). The van der Waals surface area contributed by atoms with Gasteiger partial charge in [0.15, 0.2) is 0 Å². The molecule has 230 valence electrons. The number of nitrogens with one attached hydrogen (secondary N) is 1. The molecule has 0 saturated heterocycles. The molecule has 4 aromatic rings. The van der Waals surface area contributed by atoms with E-state index in [-0.39, 0.29) is 29.7 Å². The Hall–Kier alpha value is -4.14. The highest BCUT2D eigenvalue weighted by Crippen LogP contribution is 2.25. The lowest BCUT2D eigenvalue weighted by Crippen LogP contribution is -2.53. The molecular weight excluding hydrogens is 594 g/mol. The van der Waals surface area contributed by atoms with Gasteiger partial charge in [0.25, 0.3) is 10.0 Å². The molecule has 0 aliphatic rings. The quantitative estimate of drug-likeness (QED) is 0.189. The molecule has 0 aliphatic carbocycles. The summed E-state index contributed by atoms with van der Waals surface area (Å²) in [6.45, 7) is 5.84. The molecule has 0 fully saturated rings. The van der Waals surface area contributed by atoms with Crippen molar-refractivity contribution in [1.29, 1.82) is 0 Å². The van der Waals surface area contributed by atoms with Gasteiger partial charge in [-0.2, -0.15) is 0 Å². The standard InChI is InChI=1S/C35H38ClN3O4S/c1-26(2)23-37-35(41)33(22-28-11-6-4-7-12-28)38(24-29-13-10-14-30(36)21-29)34(40)25-39(31-15-8-5-9-16-31)44(42,43)32-19-17-27(3)18-20-32/h4-21,26,33H,22-25H2,1-3H3,(H,37,41)/t33-/m1/s1. The Morgan fingerprint density at radius 1 is 0.818 bits per heavy atom. The Balaban J connectivity index is 1.78. The smallest absolute Gasteiger partial charge is 0.264 e. The first-order valence-corrected chi connectivity index (χ1v) is 16.4. The monoisotopic (exact) mass is 631 g/mol. The number of para-hydroxylation sites is 1. The van der Waals surface area contributed by atoms with Gasteiger partial charge in [-0.3, -0.25) is 13.9 Å². The average molecular weight is 632 g/mol. The molecule has 0 saturated carbocycles. The van der Waals surface area contributed by atoms with Crippen molar-refractivity contribution in [2.75, 3.05) is 17.4 Å². The van der Waals surface area contributed by atoms with Crippen LogP contribution in [0.15, 0.2) is 114 Å². The molecule has 2 amide bonds. The van der Waals surface area contributed by atoms with Gasteiger partial charge in [-0.05, 0) is 60.4 Å². The van der Waals surface area contributed by atoms with Gasteiger partial charge < -0.3 is 10.2 Å². The molecule has 7 nitrogen and oxygen atoms in total. The van der Waals surface area contributed by atoms with E-state index in [9.17, 15) is 18.0 Å². The number of halogens is 1. The number of hydrogen-bond acceptors (Lipinski definition) is 4. The zero-order valence-electron chi connectivity index (χ0n) is 25.2. The van der Waals surface area contributed by atoms with Gasteiger partial charge >= 0.3 is 0 Å². The lowest BCUT2D eigenvalue weighted by Gasteiger charge is -2.34. The Morgan fingerprint density at radius 2 is 1.43 bits per heavy atom. The van der Waals surface area contributed by atoms with E-state index in [4.69, 9.17) is 11.6 Å². The van der Waals surface area contributed by atoms with E-state index in [1.165, 1.54) is 17.0 Å². The predicted octanol–water partition coefficient (Wildman–Crippen LogP) is 6.26. The summed E-state index contributed by atoms with van der Waals surface area (Å²) in [7, 11) is -4.14. The first-order chi connectivity index (χ1) is 21.0. The van der Waals surface area contributed by atoms with Gasteiger partial charge in [0.2, 0.25) is 11.8 Å². The molecule has 9 heteroatoms. The molecule has 0 aromatic heterocycles. The van der Waals surface area contributed by atoms with Crippen LogP contribution in [0.4, 0.5) is 5.69 Å². The van der Waals surface area contributed by atoms with Crippen molar-refractivity contribution in [3.8, 4) is 0 Å². The van der Waals surface area contributed by atoms with Crippen LogP contribution in [-0.2, 0) is 32.6 Å². The SMILES string of the molecule is Cc1ccc(S(=O)(=O)N(CC(=O)N(Cc2cccc(Cl)c2)[C@H](Cc2ccccc2)C(=O)NCC(C)C)c2ccccc2)cc1. The van der Waals surface area contributed by atoms with Crippen LogP contribution in [0.3, 0.4) is 0 Å². The number of carbonyl (C=O) groups is 2. The van der Waals surface area contributed by atoms with Crippen LogP contribution in [0.1, 0.15) is 30.5 Å². The zero-order chi connectivity index (χ0) is 31.7. The minimum atomic E-state index is -4.14. The zero-order valence-corrected chi connectivity index (χ0v) is 26.8. The lowest BCUT2D eigenvalue weighted by molar-refractivity contribution is -0.140. The summed E-state index contributed by atoms with van der Waals surface area (Å²) in [5, 5.41) is 3.48. The number of hydrogen-bond donors (Lipinski definition) is 1. The Bertz CT molecular complexity index is 1650. The minimum Gasteiger partial charge on any atom is -0.354 e. The largest absolute Gasteiger partial charge is 0.354 e. The summed E-state index contributed by atoms with van der Waals surface area (Å²) >= 11 is 6.30. The second-order valence-electron chi connectivity index (χ2n) is 11.2. The maximum Gasteiger partial charge on any atom is 0.264 e. The third-order valence-corrected chi connectivity index (χ3v) is 9.15. The second-order valence-corrected chi connectivity index (χ2v) is 13.5. The maximum absolute atomic E-state index is 14.4. The normalized spacial score (nSPS) is 12.0. The summed E-state index contributed by atoms with van der Waals surface area (Å²) in [6.07, 6.45) is 0.243. The number of anilines is 1. The van der Waals surface area contributed by atoms with Gasteiger partial charge in [0, 0.05) is 24.5 Å². The van der Waals surface area contributed by atoms with Crippen molar-refractivity contribution in [2.24, 2.45) is 5.92 Å². The van der Waals surface area contributed by atoms with Crippen molar-refractivity contribution >= 4 is 39.1 Å². The van der Waals surface area contributed by atoms with Crippen LogP contribution >= 0.6 is 11.6 Å². The van der Waals surface area contributed by atoms with Crippen molar-refractivity contribution < 1.29 is 18.0 Å². The molecule has 0 heterocycles. The van der Waals surface area contributed by atoms with Crippen molar-refractivity contribution in [3.05, 3.63) is 131 Å². The Kier molecular flexibility index (Phi) is 11.2. The second kappa shape index (κ2) is 15.0. The van der Waals surface area contributed by atoms with Gasteiger partial charge in [-0.1, -0.05) is 104 Å². The molecule has 0 radical (unpaired) electrons. The molecule has 0 bridgehead atoms. The van der Waals surface area contributed by atoms with E-state index < -0.39 is 28.5 Å². The van der Waals surface area contributed by atoms with E-state index in [0.29, 0.717) is 22.8 Å². The fraction of sp³-hybridized carbons (Fsp3) is 0.257. The summed E-state index contributed by atoms with van der Waals surface area (Å²) in [5.74, 6) is -0.641. The third-order valence-electron chi connectivity index (χ3n) is 7.13. The number of rotatable bonds is 13. The van der Waals surface area contributed by atoms with E-state index >= 15 is 0 Å². The van der Waals surface area contributed by atoms with Gasteiger partial charge in [0.1, 0.15) is 12.6 Å². The highest BCUT2D eigenvalue weighted by Gasteiger charge is 2.34. The van der Waals surface area contributed by atoms with Crippen LogP contribution in [0.25, 0.3) is 0 Å². The van der Waals surface area contributed by atoms with E-state index in [0.717, 1.165) is 15.4 Å². The summed E-state index contributed by atoms with van der Waals surface area (Å²) in [6, 6.07) is 30.7. The third kappa shape index (κ3) is 8.71. The van der Waals surface area contributed by atoms with Crippen LogP contribution in [0.5, 0.6) is 0 Å². The van der Waals surface area contributed by atoms with Crippen molar-refractivity contribution in [2.45, 2.75) is 44.7 Å². The highest BCUT2D eigenvalue weighted by atomic mass is 35.5. The van der Waals surface area contributed by atoms with Gasteiger partial charge in [0.05, 0.1) is 10.6 Å². The van der Waals surface area contributed by atoms with Crippen LogP contribution in [0.2, 0.25) is 5.02 Å². The van der Waals surface area contributed by atoms with E-state index in [2.05, 4.69) is 5.32 Å². The topological polar surface area (TPSA) is 86.8 Å². The van der Waals surface area contributed by atoms with Crippen molar-refractivity contribution in [1.82, 2.24) is 10.2 Å². The van der Waals surface area contributed by atoms with Crippen molar-refractivity contribution in [3.63, 3.8) is 0 Å². The summed E-state index contributed by atoms with van der Waals surface area (Å²) in [5.41, 5.74) is 2.84. The Morgan fingerprint density at radius 3 is 2.05 bits per heavy atom. The summed E-state index contributed by atoms with van der Waals surface area (Å²) < 4.78 is 29.2. The Labute approximate surface area is 265 Å². The molecule has 0 aliphatic heterocycles. The summed E-state index contributed by atoms with van der Waals surface area (Å²) in [4.78, 5) is 29.8. The number of amides is 2. The van der Waals surface area contributed by atoms with E-state index in [1.807, 2.05) is 57.2 Å². The van der Waals surface area contributed by atoms with Gasteiger partial charge in [-0.15, -0.1) is 0 Å². The molecule has 44 heavy (non-hydrogen) atoms. The van der Waals surface area contributed by atoms with Crippen LogP contribution in [0, 0.1) is 12.8 Å². The highest BCUT2D eigenvalue weighted by molar-refractivity contribution is 7.92. The van der Waals surface area contributed by atoms with E-state index in [1.54, 1.807) is 60.7 Å². The lowest BCUT2D eigenvalue weighted by atomic mass is 10.0. The predicted molar refractivity (Wildman–Crippen MR) is 176 cm³/mol. The average Bonchev–Trinajstić information content (AvgIpc) is 3.01. The fourth-order valence-corrected chi connectivity index (χ4v) is 6.40. The van der Waals surface area contributed by atoms with Gasteiger partial charge in [-0.25, -0.2) is 8.42 Å². The molecule has 1 atom stereocenters. The number of carbonyl (C=O) groups excluding carboxylic acids is 2. The molecule has 4 aromatic carbocycles.